The smallest absolute Gasteiger partial charge is 0.148 e. The molecule has 1 aromatic carbocycles. The van der Waals surface area contributed by atoms with Gasteiger partial charge in [0.15, 0.2) is 0 Å². The van der Waals surface area contributed by atoms with Crippen molar-refractivity contribution in [2.45, 2.75) is 6.82 Å². The molecule has 0 saturated carbocycles. The SMILES string of the molecule is C[B]c1ccc2c(Cl)nccc2c1. The summed E-state index contributed by atoms with van der Waals surface area (Å²) in [5.74, 6) is 0. The van der Waals surface area contributed by atoms with Crippen molar-refractivity contribution < 1.29 is 0 Å². The van der Waals surface area contributed by atoms with Crippen molar-refractivity contribution in [3.8, 4) is 0 Å². The Labute approximate surface area is 83.0 Å². The molecule has 2 rings (SSSR count). The van der Waals surface area contributed by atoms with E-state index >= 15 is 0 Å². The predicted octanol–water partition coefficient (Wildman–Crippen LogP) is 2.27. The summed E-state index contributed by atoms with van der Waals surface area (Å²) in [7, 11) is 2.06. The van der Waals surface area contributed by atoms with Crippen molar-refractivity contribution in [2.75, 3.05) is 0 Å². The fraction of sp³-hybridized carbons (Fsp3) is 0.100. The van der Waals surface area contributed by atoms with Crippen molar-refractivity contribution >= 4 is 35.1 Å². The molecule has 3 heteroatoms. The van der Waals surface area contributed by atoms with Gasteiger partial charge < -0.3 is 0 Å². The zero-order valence-corrected chi connectivity index (χ0v) is 8.05. The van der Waals surface area contributed by atoms with Gasteiger partial charge in [-0.2, -0.15) is 0 Å². The maximum atomic E-state index is 5.93. The second kappa shape index (κ2) is 3.39. The highest BCUT2D eigenvalue weighted by molar-refractivity contribution is 6.52. The van der Waals surface area contributed by atoms with Crippen LogP contribution in [0, 0.1) is 0 Å². The first-order valence-electron chi connectivity index (χ1n) is 4.15. The number of rotatable bonds is 1. The largest absolute Gasteiger partial charge is 0.244 e. The molecule has 0 N–H and O–H groups in total. The molecular formula is C10H8BClN. The van der Waals surface area contributed by atoms with Gasteiger partial charge in [-0.05, 0) is 11.5 Å². The maximum absolute atomic E-state index is 5.93. The summed E-state index contributed by atoms with van der Waals surface area (Å²) >= 11 is 5.93. The fourth-order valence-corrected chi connectivity index (χ4v) is 1.57. The van der Waals surface area contributed by atoms with Gasteiger partial charge in [-0.1, -0.05) is 42.1 Å². The van der Waals surface area contributed by atoms with E-state index in [0.29, 0.717) is 5.15 Å². The van der Waals surface area contributed by atoms with E-state index in [4.69, 9.17) is 11.6 Å². The molecule has 0 fully saturated rings. The molecule has 0 aliphatic carbocycles. The van der Waals surface area contributed by atoms with Gasteiger partial charge in [0.25, 0.3) is 0 Å². The Balaban J connectivity index is 2.72. The minimum atomic E-state index is 0.570. The third-order valence-corrected chi connectivity index (χ3v) is 2.37. The zero-order valence-electron chi connectivity index (χ0n) is 7.29. The summed E-state index contributed by atoms with van der Waals surface area (Å²) in [5, 5.41) is 2.71. The van der Waals surface area contributed by atoms with Crippen LogP contribution in [0.2, 0.25) is 12.0 Å². The molecule has 0 bridgehead atoms. The molecule has 0 aliphatic heterocycles. The van der Waals surface area contributed by atoms with E-state index in [1.165, 1.54) is 5.46 Å². The van der Waals surface area contributed by atoms with Gasteiger partial charge in [-0.25, -0.2) is 4.98 Å². The van der Waals surface area contributed by atoms with Gasteiger partial charge in [-0.15, -0.1) is 0 Å². The van der Waals surface area contributed by atoms with Crippen molar-refractivity contribution in [2.24, 2.45) is 0 Å². The lowest BCUT2D eigenvalue weighted by atomic mass is 9.73. The molecule has 1 aromatic heterocycles. The van der Waals surface area contributed by atoms with E-state index in [9.17, 15) is 0 Å². The zero-order chi connectivity index (χ0) is 9.26. The minimum absolute atomic E-state index is 0.570. The van der Waals surface area contributed by atoms with E-state index in [2.05, 4.69) is 18.3 Å². The molecule has 1 nitrogen and oxygen atoms in total. The number of benzene rings is 1. The molecule has 0 spiro atoms. The van der Waals surface area contributed by atoms with Crippen LogP contribution in [0.15, 0.2) is 30.5 Å². The standard InChI is InChI=1S/C10H8BClN/c1-11-8-2-3-9-7(6-8)4-5-13-10(9)12/h2-6H,1H3. The number of fused-ring (bicyclic) bond motifs is 1. The average Bonchev–Trinajstić information content (AvgIpc) is 2.18. The molecule has 0 amide bonds. The van der Waals surface area contributed by atoms with Gasteiger partial charge >= 0.3 is 0 Å². The summed E-state index contributed by atoms with van der Waals surface area (Å²) < 4.78 is 0. The van der Waals surface area contributed by atoms with E-state index in [-0.39, 0.29) is 0 Å². The Morgan fingerprint density at radius 2 is 2.15 bits per heavy atom. The number of aromatic nitrogens is 1. The van der Waals surface area contributed by atoms with Gasteiger partial charge in [0, 0.05) is 11.6 Å². The van der Waals surface area contributed by atoms with Crippen LogP contribution in [0.25, 0.3) is 10.8 Å². The van der Waals surface area contributed by atoms with Crippen LogP contribution in [-0.2, 0) is 0 Å². The number of nitrogens with zero attached hydrogens (tertiary/aromatic N) is 1. The summed E-state index contributed by atoms with van der Waals surface area (Å²) in [6, 6.07) is 8.10. The van der Waals surface area contributed by atoms with Crippen molar-refractivity contribution in [3.05, 3.63) is 35.6 Å². The molecule has 1 heterocycles. The molecule has 0 saturated heterocycles. The van der Waals surface area contributed by atoms with E-state index in [0.717, 1.165) is 10.8 Å². The Morgan fingerprint density at radius 3 is 2.92 bits per heavy atom. The second-order valence-corrected chi connectivity index (χ2v) is 3.23. The van der Waals surface area contributed by atoms with Gasteiger partial charge in [0.05, 0.1) is 0 Å². The number of pyridine rings is 1. The van der Waals surface area contributed by atoms with Crippen LogP contribution in [0.4, 0.5) is 0 Å². The van der Waals surface area contributed by atoms with E-state index in [1.807, 2.05) is 25.0 Å². The second-order valence-electron chi connectivity index (χ2n) is 2.87. The third kappa shape index (κ3) is 1.54. The lowest BCUT2D eigenvalue weighted by molar-refractivity contribution is 1.36. The predicted molar refractivity (Wildman–Crippen MR) is 58.0 cm³/mol. The topological polar surface area (TPSA) is 12.9 Å². The highest BCUT2D eigenvalue weighted by atomic mass is 35.5. The molecule has 13 heavy (non-hydrogen) atoms. The number of hydrogen-bond donors (Lipinski definition) is 0. The molecule has 1 radical (unpaired) electrons. The Kier molecular flexibility index (Phi) is 2.23. The van der Waals surface area contributed by atoms with Crippen molar-refractivity contribution in [1.82, 2.24) is 4.98 Å². The minimum Gasteiger partial charge on any atom is -0.244 e. The lowest BCUT2D eigenvalue weighted by Crippen LogP contribution is -2.08. The number of halogens is 1. The van der Waals surface area contributed by atoms with Crippen LogP contribution in [0.5, 0.6) is 0 Å². The summed E-state index contributed by atoms with van der Waals surface area (Å²) in [4.78, 5) is 4.02. The monoisotopic (exact) mass is 188 g/mol. The summed E-state index contributed by atoms with van der Waals surface area (Å²) in [6.45, 7) is 2.02. The van der Waals surface area contributed by atoms with Crippen LogP contribution < -0.4 is 5.46 Å². The molecule has 0 aliphatic rings. The summed E-state index contributed by atoms with van der Waals surface area (Å²) in [5.41, 5.74) is 1.20. The van der Waals surface area contributed by atoms with Crippen LogP contribution in [0.1, 0.15) is 0 Å². The Bertz CT molecular complexity index is 442. The van der Waals surface area contributed by atoms with Crippen molar-refractivity contribution in [1.29, 1.82) is 0 Å². The van der Waals surface area contributed by atoms with E-state index in [1.54, 1.807) is 6.20 Å². The number of hydrogen-bond acceptors (Lipinski definition) is 1. The van der Waals surface area contributed by atoms with E-state index < -0.39 is 0 Å². The van der Waals surface area contributed by atoms with Gasteiger partial charge in [-0.3, -0.25) is 0 Å². The molecule has 63 valence electrons. The first-order valence-corrected chi connectivity index (χ1v) is 4.52. The quantitative estimate of drug-likeness (QED) is 0.494. The van der Waals surface area contributed by atoms with Gasteiger partial charge in [0.1, 0.15) is 12.4 Å². The first-order chi connectivity index (χ1) is 6.31. The first kappa shape index (κ1) is 8.58. The lowest BCUT2D eigenvalue weighted by Gasteiger charge is -2.01. The average molecular weight is 188 g/mol. The summed E-state index contributed by atoms with van der Waals surface area (Å²) in [6.07, 6.45) is 1.73. The highest BCUT2D eigenvalue weighted by Crippen LogP contribution is 2.18. The molecule has 2 aromatic rings. The molecule has 0 atom stereocenters. The Morgan fingerprint density at radius 1 is 1.31 bits per heavy atom. The maximum Gasteiger partial charge on any atom is 0.148 e. The van der Waals surface area contributed by atoms with Crippen LogP contribution in [-0.4, -0.2) is 12.3 Å². The molecule has 0 unspecified atom stereocenters. The van der Waals surface area contributed by atoms with Crippen LogP contribution >= 0.6 is 11.6 Å². The fourth-order valence-electron chi connectivity index (χ4n) is 1.34. The van der Waals surface area contributed by atoms with Gasteiger partial charge in [0.2, 0.25) is 0 Å². The Hall–Kier alpha value is -1.02. The molecular weight excluding hydrogens is 180 g/mol. The normalized spacial score (nSPS) is 10.3. The third-order valence-electron chi connectivity index (χ3n) is 2.07. The van der Waals surface area contributed by atoms with Crippen molar-refractivity contribution in [3.63, 3.8) is 0 Å². The highest BCUT2D eigenvalue weighted by Gasteiger charge is 1.99. The van der Waals surface area contributed by atoms with Crippen LogP contribution in [0.3, 0.4) is 0 Å².